The average Bonchev–Trinajstić information content (AvgIpc) is 2.37. The van der Waals surface area contributed by atoms with Crippen molar-refractivity contribution >= 4 is 17.9 Å². The van der Waals surface area contributed by atoms with Crippen molar-refractivity contribution < 1.29 is 45.0 Å². The average molecular weight is 308 g/mol. The fourth-order valence-electron chi connectivity index (χ4n) is 2.46. The zero-order valence-electron chi connectivity index (χ0n) is 11.4. The quantitative estimate of drug-likeness (QED) is 0.272. The molecular weight excluding hydrogens is 288 g/mol. The molecule has 0 aliphatic carbocycles. The second kappa shape index (κ2) is 7.91. The molecule has 0 aromatic rings. The Morgan fingerprint density at radius 2 is 1.05 bits per heavy atom. The summed E-state index contributed by atoms with van der Waals surface area (Å²) in [6.45, 7) is -2.62. The predicted molar refractivity (Wildman–Crippen MR) is 67.5 cm³/mol. The van der Waals surface area contributed by atoms with Gasteiger partial charge in [0.25, 0.3) is 0 Å². The summed E-state index contributed by atoms with van der Waals surface area (Å²) in [4.78, 5) is 32.8. The van der Waals surface area contributed by atoms with Crippen LogP contribution in [0.5, 0.6) is 0 Å². The van der Waals surface area contributed by atoms with Gasteiger partial charge in [0, 0.05) is 17.3 Å². The Bertz CT molecular complexity index is 362. The molecule has 122 valence electrons. The Hall–Kier alpha value is -1.71. The van der Waals surface area contributed by atoms with Gasteiger partial charge in [-0.15, -0.1) is 0 Å². The van der Waals surface area contributed by atoms with E-state index in [0.29, 0.717) is 0 Å². The number of aliphatic hydroxyl groups is 3. The number of carboxylic acid groups (broad SMARTS) is 3. The molecule has 0 saturated carbocycles. The van der Waals surface area contributed by atoms with Crippen LogP contribution in [-0.2, 0) is 14.4 Å². The van der Waals surface area contributed by atoms with E-state index in [1.54, 1.807) is 0 Å². The minimum atomic E-state index is -1.82. The van der Waals surface area contributed by atoms with Crippen molar-refractivity contribution in [1.82, 2.24) is 0 Å². The molecule has 0 aromatic carbocycles. The third kappa shape index (κ3) is 4.66. The van der Waals surface area contributed by atoms with Crippen LogP contribution in [0.15, 0.2) is 0 Å². The van der Waals surface area contributed by atoms with Crippen LogP contribution in [-0.4, -0.2) is 68.4 Å². The van der Waals surface area contributed by atoms with Gasteiger partial charge in [-0.05, 0) is 6.42 Å². The maximum atomic E-state index is 11.1. The van der Waals surface area contributed by atoms with Crippen LogP contribution < -0.4 is 0 Å². The van der Waals surface area contributed by atoms with Gasteiger partial charge in [-0.25, -0.2) is 0 Å². The Morgan fingerprint density at radius 3 is 1.29 bits per heavy atom. The van der Waals surface area contributed by atoms with Crippen LogP contribution >= 0.6 is 0 Å². The van der Waals surface area contributed by atoms with E-state index in [1.807, 2.05) is 0 Å². The molecule has 21 heavy (non-hydrogen) atoms. The first-order chi connectivity index (χ1) is 9.68. The normalized spacial score (nSPS) is 12.1. The third-order valence-electron chi connectivity index (χ3n) is 3.83. The van der Waals surface area contributed by atoms with Crippen molar-refractivity contribution in [2.45, 2.75) is 25.7 Å². The molecule has 0 unspecified atom stereocenters. The van der Waals surface area contributed by atoms with Gasteiger partial charge in [0.1, 0.15) is 0 Å². The van der Waals surface area contributed by atoms with Crippen LogP contribution in [0.3, 0.4) is 0 Å². The summed E-state index contributed by atoms with van der Waals surface area (Å²) in [6, 6.07) is 0. The first-order valence-electron chi connectivity index (χ1n) is 6.16. The lowest BCUT2D eigenvalue weighted by Crippen LogP contribution is -2.52. The van der Waals surface area contributed by atoms with Gasteiger partial charge in [-0.2, -0.15) is 0 Å². The fraction of sp³-hybridized carbons (Fsp3) is 0.750. The third-order valence-corrected chi connectivity index (χ3v) is 3.83. The Labute approximate surface area is 120 Å². The monoisotopic (exact) mass is 308 g/mol. The van der Waals surface area contributed by atoms with Gasteiger partial charge in [-0.1, -0.05) is 0 Å². The van der Waals surface area contributed by atoms with E-state index in [1.165, 1.54) is 0 Å². The van der Waals surface area contributed by atoms with Crippen LogP contribution in [0.25, 0.3) is 0 Å². The highest BCUT2D eigenvalue weighted by Crippen LogP contribution is 2.48. The first kappa shape index (κ1) is 19.3. The van der Waals surface area contributed by atoms with Crippen molar-refractivity contribution in [1.29, 1.82) is 0 Å². The van der Waals surface area contributed by atoms with Crippen molar-refractivity contribution in [3.63, 3.8) is 0 Å². The van der Waals surface area contributed by atoms with Crippen molar-refractivity contribution in [2.75, 3.05) is 19.8 Å². The standard InChI is InChI=1S/C12H20O9/c13-5-12(6-14,7-15)11(3-9(18)19,4-10(20)21)2-1-8(16)17/h13-15H,1-7H2,(H,16,17)(H,18,19)(H,20,21). The molecule has 9 nitrogen and oxygen atoms in total. The van der Waals surface area contributed by atoms with Crippen molar-refractivity contribution in [3.05, 3.63) is 0 Å². The van der Waals surface area contributed by atoms with E-state index in [0.717, 1.165) is 0 Å². The number of hydrogen-bond donors (Lipinski definition) is 6. The summed E-state index contributed by atoms with van der Waals surface area (Å²) in [5.41, 5.74) is -3.61. The molecule has 0 aliphatic heterocycles. The fourth-order valence-corrected chi connectivity index (χ4v) is 2.46. The Morgan fingerprint density at radius 1 is 0.667 bits per heavy atom. The van der Waals surface area contributed by atoms with Gasteiger partial charge in [-0.3, -0.25) is 14.4 Å². The molecule has 0 spiro atoms. The molecule has 0 aromatic heterocycles. The smallest absolute Gasteiger partial charge is 0.303 e. The van der Waals surface area contributed by atoms with Crippen LogP contribution in [0.4, 0.5) is 0 Å². The maximum Gasteiger partial charge on any atom is 0.303 e. The number of hydrogen-bond acceptors (Lipinski definition) is 6. The molecule has 0 heterocycles. The topological polar surface area (TPSA) is 173 Å². The highest BCUT2D eigenvalue weighted by molar-refractivity contribution is 5.73. The second-order valence-corrected chi connectivity index (χ2v) is 5.07. The Balaban J connectivity index is 5.87. The number of carbonyl (C=O) groups is 3. The molecule has 0 saturated heterocycles. The van der Waals surface area contributed by atoms with E-state index in [-0.39, 0.29) is 0 Å². The predicted octanol–water partition coefficient (Wildman–Crippen LogP) is -1.25. The van der Waals surface area contributed by atoms with Gasteiger partial charge in [0.05, 0.1) is 32.7 Å². The number of aliphatic carboxylic acids is 3. The zero-order chi connectivity index (χ0) is 16.7. The SMILES string of the molecule is O=C(O)CCC(CC(=O)O)(CC(=O)O)C(CO)(CO)CO. The molecule has 0 radical (unpaired) electrons. The summed E-state index contributed by atoms with van der Waals surface area (Å²) in [6.07, 6.45) is -2.56. The number of carboxylic acids is 3. The molecule has 0 amide bonds. The molecule has 0 atom stereocenters. The Kier molecular flexibility index (Phi) is 7.27. The highest BCUT2D eigenvalue weighted by atomic mass is 16.4. The van der Waals surface area contributed by atoms with E-state index in [4.69, 9.17) is 15.3 Å². The van der Waals surface area contributed by atoms with Gasteiger partial charge < -0.3 is 30.6 Å². The molecule has 6 N–H and O–H groups in total. The van der Waals surface area contributed by atoms with Crippen LogP contribution in [0.2, 0.25) is 0 Å². The minimum absolute atomic E-state index is 0.414. The molecule has 9 heteroatoms. The highest BCUT2D eigenvalue weighted by Gasteiger charge is 2.52. The molecule has 0 bridgehead atoms. The van der Waals surface area contributed by atoms with E-state index in [2.05, 4.69) is 0 Å². The number of rotatable bonds is 11. The van der Waals surface area contributed by atoms with Crippen LogP contribution in [0.1, 0.15) is 25.7 Å². The summed E-state index contributed by atoms with van der Waals surface area (Å²) in [7, 11) is 0. The summed E-state index contributed by atoms with van der Waals surface area (Å²) < 4.78 is 0. The van der Waals surface area contributed by atoms with E-state index in [9.17, 15) is 29.7 Å². The maximum absolute atomic E-state index is 11.1. The number of aliphatic hydroxyl groups excluding tert-OH is 3. The largest absolute Gasteiger partial charge is 0.481 e. The summed E-state index contributed by atoms with van der Waals surface area (Å²) in [5.74, 6) is -4.11. The lowest BCUT2D eigenvalue weighted by atomic mass is 9.58. The van der Waals surface area contributed by atoms with Crippen LogP contribution in [0, 0.1) is 10.8 Å². The van der Waals surface area contributed by atoms with E-state index < -0.39 is 74.2 Å². The second-order valence-electron chi connectivity index (χ2n) is 5.07. The molecule has 0 aliphatic rings. The molecule has 0 fully saturated rings. The van der Waals surface area contributed by atoms with Gasteiger partial charge in [0.2, 0.25) is 0 Å². The summed E-state index contributed by atoms with van der Waals surface area (Å²) >= 11 is 0. The first-order valence-corrected chi connectivity index (χ1v) is 6.16. The zero-order valence-corrected chi connectivity index (χ0v) is 11.4. The molecule has 0 rings (SSSR count). The van der Waals surface area contributed by atoms with Crippen molar-refractivity contribution in [2.24, 2.45) is 10.8 Å². The van der Waals surface area contributed by atoms with Crippen molar-refractivity contribution in [3.8, 4) is 0 Å². The molecular formula is C12H20O9. The van der Waals surface area contributed by atoms with E-state index >= 15 is 0 Å². The van der Waals surface area contributed by atoms with Gasteiger partial charge in [0.15, 0.2) is 0 Å². The minimum Gasteiger partial charge on any atom is -0.481 e. The lowest BCUT2D eigenvalue weighted by molar-refractivity contribution is -0.162. The summed E-state index contributed by atoms with van der Waals surface area (Å²) in [5, 5.41) is 55.1. The van der Waals surface area contributed by atoms with Gasteiger partial charge >= 0.3 is 17.9 Å². The lowest BCUT2D eigenvalue weighted by Gasteiger charge is -2.46.